The summed E-state index contributed by atoms with van der Waals surface area (Å²) in [5, 5.41) is 10.4. The van der Waals surface area contributed by atoms with Crippen molar-refractivity contribution >= 4 is 35.6 Å². The largest absolute Gasteiger partial charge is 0.455 e. The zero-order valence-electron chi connectivity index (χ0n) is 14.6. The van der Waals surface area contributed by atoms with Crippen molar-refractivity contribution in [1.82, 2.24) is 4.90 Å². The zero-order valence-corrected chi connectivity index (χ0v) is 15.5. The van der Waals surface area contributed by atoms with Gasteiger partial charge in [0.1, 0.15) is 11.5 Å². The van der Waals surface area contributed by atoms with E-state index in [4.69, 9.17) is 9.84 Å². The van der Waals surface area contributed by atoms with E-state index >= 15 is 0 Å². The Morgan fingerprint density at radius 3 is 2.70 bits per heavy atom. The van der Waals surface area contributed by atoms with Crippen LogP contribution in [-0.2, 0) is 0 Å². The van der Waals surface area contributed by atoms with E-state index in [1.807, 2.05) is 30.3 Å². The van der Waals surface area contributed by atoms with E-state index in [1.165, 1.54) is 4.90 Å². The van der Waals surface area contributed by atoms with Crippen molar-refractivity contribution in [3.63, 3.8) is 0 Å². The molecule has 0 aromatic heterocycles. The van der Waals surface area contributed by atoms with Crippen molar-refractivity contribution in [2.75, 3.05) is 20.2 Å². The topological polar surface area (TPSA) is 66.8 Å². The first-order valence-corrected chi connectivity index (χ1v) is 8.93. The van der Waals surface area contributed by atoms with Gasteiger partial charge in [0, 0.05) is 46.0 Å². The van der Waals surface area contributed by atoms with Crippen LogP contribution in [-0.4, -0.2) is 42.4 Å². The number of hydrogen-bond donors (Lipinski definition) is 2. The number of carbonyl (C=O) groups is 2. The quantitative estimate of drug-likeness (QED) is 0.418. The minimum Gasteiger partial charge on any atom is -0.455 e. The molecule has 1 N–H and O–H groups in total. The Kier molecular flexibility index (Phi) is 4.37. The van der Waals surface area contributed by atoms with Crippen LogP contribution in [0.5, 0.6) is 11.5 Å². The molecule has 27 heavy (non-hydrogen) atoms. The molecule has 0 bridgehead atoms. The van der Waals surface area contributed by atoms with Gasteiger partial charge in [0.25, 0.3) is 5.91 Å². The Hall–Kier alpha value is -2.83. The summed E-state index contributed by atoms with van der Waals surface area (Å²) in [5.74, 6) is 0.972. The molecule has 3 aromatic carbocycles. The number of thiol groups is 1. The highest BCUT2D eigenvalue weighted by Crippen LogP contribution is 2.50. The van der Waals surface area contributed by atoms with Gasteiger partial charge in [0.05, 0.1) is 6.61 Å². The third kappa shape index (κ3) is 2.69. The maximum atomic E-state index is 12.9. The van der Waals surface area contributed by atoms with Gasteiger partial charge in [-0.2, -0.15) is 0 Å². The summed E-state index contributed by atoms with van der Waals surface area (Å²) in [6, 6.07) is 12.8. The number of rotatable bonds is 4. The molecule has 0 spiro atoms. The number of amides is 1. The smallest absolute Gasteiger partial charge is 0.254 e. The maximum absolute atomic E-state index is 12.9. The third-order valence-electron chi connectivity index (χ3n) is 4.77. The van der Waals surface area contributed by atoms with E-state index in [9.17, 15) is 9.59 Å². The van der Waals surface area contributed by atoms with E-state index < -0.39 is 0 Å². The maximum Gasteiger partial charge on any atom is 0.254 e. The number of likely N-dealkylation sites (N-methyl/N-ethyl adjacent to an activating group) is 1. The molecule has 136 valence electrons. The number of aldehydes is 1. The number of para-hydroxylation sites is 1. The molecule has 3 aromatic rings. The fourth-order valence-corrected chi connectivity index (χ4v) is 3.79. The number of ether oxygens (including phenoxy) is 1. The average molecular weight is 379 g/mol. The number of fused-ring (bicyclic) bond motifs is 2. The van der Waals surface area contributed by atoms with Gasteiger partial charge in [-0.05, 0) is 23.8 Å². The second-order valence-corrected chi connectivity index (χ2v) is 6.87. The van der Waals surface area contributed by atoms with E-state index in [1.54, 1.807) is 19.2 Å². The number of aliphatic hydroxyl groups is 1. The van der Waals surface area contributed by atoms with Gasteiger partial charge in [0.2, 0.25) is 0 Å². The van der Waals surface area contributed by atoms with Crippen LogP contribution < -0.4 is 4.74 Å². The van der Waals surface area contributed by atoms with Crippen molar-refractivity contribution < 1.29 is 19.4 Å². The molecular formula is C21H17NO4S. The molecule has 1 amide bonds. The lowest BCUT2D eigenvalue weighted by molar-refractivity contribution is 0.0769. The number of nitrogens with zero attached hydrogens (tertiary/aromatic N) is 1. The van der Waals surface area contributed by atoms with Crippen LogP contribution in [0.3, 0.4) is 0 Å². The lowest BCUT2D eigenvalue weighted by atomic mass is 9.89. The standard InChI is InChI=1S/C21H17NO4S/c1-22(8-9-23)21(25)15-7-6-14-13-4-2-3-5-16(13)26-20-17(27)10-12(11-24)18(15)19(14)20/h2-7,10-11,23,27H,8-9H2,1H3. The second kappa shape index (κ2) is 6.72. The Morgan fingerprint density at radius 2 is 1.96 bits per heavy atom. The molecule has 0 saturated heterocycles. The molecular weight excluding hydrogens is 362 g/mol. The first kappa shape index (κ1) is 17.6. The summed E-state index contributed by atoms with van der Waals surface area (Å²) in [6.45, 7) is 0.0661. The SMILES string of the molecule is CN(CCO)C(=O)c1ccc2c3c(c(S)cc(C=O)c13)Oc1ccccc1-2. The van der Waals surface area contributed by atoms with Crippen LogP contribution in [0.15, 0.2) is 47.4 Å². The van der Waals surface area contributed by atoms with Gasteiger partial charge in [-0.15, -0.1) is 12.6 Å². The Bertz CT molecular complexity index is 1090. The lowest BCUT2D eigenvalue weighted by Crippen LogP contribution is -2.29. The summed E-state index contributed by atoms with van der Waals surface area (Å²) in [7, 11) is 1.62. The van der Waals surface area contributed by atoms with Crippen molar-refractivity contribution in [1.29, 1.82) is 0 Å². The van der Waals surface area contributed by atoms with E-state index in [2.05, 4.69) is 12.6 Å². The van der Waals surface area contributed by atoms with Crippen LogP contribution in [0.2, 0.25) is 0 Å². The molecule has 1 aliphatic rings. The highest BCUT2D eigenvalue weighted by molar-refractivity contribution is 7.80. The monoisotopic (exact) mass is 379 g/mol. The molecule has 0 fully saturated rings. The zero-order chi connectivity index (χ0) is 19.1. The number of aliphatic hydroxyl groups excluding tert-OH is 1. The number of hydrogen-bond acceptors (Lipinski definition) is 5. The summed E-state index contributed by atoms with van der Waals surface area (Å²) in [6.07, 6.45) is 0.728. The molecule has 4 rings (SSSR count). The molecule has 1 heterocycles. The third-order valence-corrected chi connectivity index (χ3v) is 5.11. The van der Waals surface area contributed by atoms with E-state index in [0.717, 1.165) is 17.4 Å². The van der Waals surface area contributed by atoms with E-state index in [0.29, 0.717) is 38.3 Å². The van der Waals surface area contributed by atoms with E-state index in [-0.39, 0.29) is 19.1 Å². The summed E-state index contributed by atoms with van der Waals surface area (Å²) < 4.78 is 6.07. The fourth-order valence-electron chi connectivity index (χ4n) is 3.50. The van der Waals surface area contributed by atoms with Gasteiger partial charge in [-0.1, -0.05) is 24.3 Å². The molecule has 0 atom stereocenters. The molecule has 0 radical (unpaired) electrons. The summed E-state index contributed by atoms with van der Waals surface area (Å²) in [5.41, 5.74) is 2.56. The highest BCUT2D eigenvalue weighted by Gasteiger charge is 2.27. The number of carbonyl (C=O) groups excluding carboxylic acids is 2. The molecule has 5 nitrogen and oxygen atoms in total. The minimum absolute atomic E-state index is 0.138. The van der Waals surface area contributed by atoms with Crippen molar-refractivity contribution in [2.45, 2.75) is 4.90 Å². The van der Waals surface area contributed by atoms with Gasteiger partial charge < -0.3 is 14.7 Å². The Labute approximate surface area is 161 Å². The molecule has 0 saturated carbocycles. The Balaban J connectivity index is 2.08. The highest BCUT2D eigenvalue weighted by atomic mass is 32.1. The van der Waals surface area contributed by atoms with Crippen LogP contribution in [0.1, 0.15) is 20.7 Å². The molecule has 0 unspecified atom stereocenters. The first-order chi connectivity index (χ1) is 13.1. The van der Waals surface area contributed by atoms with Gasteiger partial charge in [-0.25, -0.2) is 0 Å². The average Bonchev–Trinajstić information content (AvgIpc) is 2.69. The van der Waals surface area contributed by atoms with Crippen LogP contribution in [0, 0.1) is 0 Å². The van der Waals surface area contributed by atoms with Crippen LogP contribution in [0.4, 0.5) is 0 Å². The van der Waals surface area contributed by atoms with Crippen molar-refractivity contribution in [3.8, 4) is 22.6 Å². The van der Waals surface area contributed by atoms with Crippen molar-refractivity contribution in [2.24, 2.45) is 0 Å². The summed E-state index contributed by atoms with van der Waals surface area (Å²) >= 11 is 4.50. The minimum atomic E-state index is -0.268. The van der Waals surface area contributed by atoms with Gasteiger partial charge >= 0.3 is 0 Å². The molecule has 0 aliphatic carbocycles. The Morgan fingerprint density at radius 1 is 1.19 bits per heavy atom. The van der Waals surface area contributed by atoms with Crippen LogP contribution >= 0.6 is 12.6 Å². The lowest BCUT2D eigenvalue weighted by Gasteiger charge is -2.25. The number of benzene rings is 3. The first-order valence-electron chi connectivity index (χ1n) is 8.48. The predicted octanol–water partition coefficient (Wildman–Crippen LogP) is 3.78. The normalized spacial score (nSPS) is 11.7. The molecule has 6 heteroatoms. The second-order valence-electron chi connectivity index (χ2n) is 6.39. The molecule has 1 aliphatic heterocycles. The van der Waals surface area contributed by atoms with Gasteiger partial charge in [0.15, 0.2) is 6.29 Å². The predicted molar refractivity (Wildman–Crippen MR) is 106 cm³/mol. The van der Waals surface area contributed by atoms with Crippen LogP contribution in [0.25, 0.3) is 21.9 Å². The van der Waals surface area contributed by atoms with Gasteiger partial charge in [-0.3, -0.25) is 9.59 Å². The fraction of sp³-hybridized carbons (Fsp3) is 0.143. The van der Waals surface area contributed by atoms with Crippen molar-refractivity contribution in [3.05, 3.63) is 53.6 Å². The summed E-state index contributed by atoms with van der Waals surface area (Å²) in [4.78, 5) is 26.7.